The second-order valence-electron chi connectivity index (χ2n) is 6.99. The molecule has 0 radical (unpaired) electrons. The third-order valence-corrected chi connectivity index (χ3v) is 6.86. The molecule has 1 heterocycles. The van der Waals surface area contributed by atoms with Crippen molar-refractivity contribution >= 4 is 33.3 Å². The minimum absolute atomic E-state index is 0.0776. The van der Waals surface area contributed by atoms with Crippen LogP contribution in [0.4, 0.5) is 11.4 Å². The average Bonchev–Trinajstić information content (AvgIpc) is 3.10. The lowest BCUT2D eigenvalue weighted by Crippen LogP contribution is -2.31. The Bertz CT molecular complexity index is 1050. The van der Waals surface area contributed by atoms with Gasteiger partial charge in [0.2, 0.25) is 5.91 Å². The number of hydrogen-bond donors (Lipinski definition) is 1. The number of rotatable bonds is 7. The van der Waals surface area contributed by atoms with Crippen LogP contribution in [0.25, 0.3) is 0 Å². The molecule has 0 fully saturated rings. The molecule has 8 heteroatoms. The number of aliphatic carboxylic acids is 1. The number of carboxylic acid groups (broad SMARTS) is 1. The highest BCUT2D eigenvalue weighted by Crippen LogP contribution is 2.33. The number of fused-ring (bicyclic) bond motifs is 1. The lowest BCUT2D eigenvalue weighted by molar-refractivity contribution is -0.138. The van der Waals surface area contributed by atoms with Crippen LogP contribution in [0.2, 0.25) is 0 Å². The van der Waals surface area contributed by atoms with E-state index in [1.165, 1.54) is 15.3 Å². The first-order valence-electron chi connectivity index (χ1n) is 9.48. The molecule has 7 nitrogen and oxygen atoms in total. The van der Waals surface area contributed by atoms with Crippen molar-refractivity contribution in [3.05, 3.63) is 53.6 Å². The molecule has 0 saturated carbocycles. The van der Waals surface area contributed by atoms with Gasteiger partial charge >= 0.3 is 5.97 Å². The zero-order valence-electron chi connectivity index (χ0n) is 16.5. The molecule has 1 aliphatic heterocycles. The Morgan fingerprint density at radius 2 is 1.90 bits per heavy atom. The van der Waals surface area contributed by atoms with Gasteiger partial charge in [0.25, 0.3) is 10.0 Å². The van der Waals surface area contributed by atoms with Crippen LogP contribution in [-0.4, -0.2) is 38.5 Å². The van der Waals surface area contributed by atoms with Crippen molar-refractivity contribution in [2.45, 2.75) is 38.0 Å². The lowest BCUT2D eigenvalue weighted by Gasteiger charge is -2.24. The van der Waals surface area contributed by atoms with Crippen molar-refractivity contribution in [1.82, 2.24) is 0 Å². The highest BCUT2D eigenvalue weighted by molar-refractivity contribution is 7.92. The molecule has 0 unspecified atom stereocenters. The topological polar surface area (TPSA) is 95.0 Å². The van der Waals surface area contributed by atoms with E-state index < -0.39 is 16.0 Å². The van der Waals surface area contributed by atoms with Crippen LogP contribution in [0.5, 0.6) is 0 Å². The number of carbonyl (C=O) groups is 2. The molecule has 1 N–H and O–H groups in total. The Labute approximate surface area is 170 Å². The van der Waals surface area contributed by atoms with E-state index in [1.54, 1.807) is 25.1 Å². The van der Waals surface area contributed by atoms with E-state index in [2.05, 4.69) is 0 Å². The minimum atomic E-state index is -3.75. The molecule has 0 spiro atoms. The van der Waals surface area contributed by atoms with Crippen LogP contribution in [0, 0.1) is 6.92 Å². The Morgan fingerprint density at radius 1 is 1.14 bits per heavy atom. The van der Waals surface area contributed by atoms with Gasteiger partial charge in [-0.2, -0.15) is 0 Å². The Kier molecular flexibility index (Phi) is 5.93. The highest BCUT2D eigenvalue weighted by atomic mass is 32.2. The maximum atomic E-state index is 13.2. The molecule has 3 rings (SSSR count). The van der Waals surface area contributed by atoms with E-state index >= 15 is 0 Å². The molecule has 0 saturated heterocycles. The number of anilines is 2. The SMILES string of the molecule is CCN(c1cccc(C)c1)S(=O)(=O)c1ccc2c(c1)CCN2C(=O)CCC(=O)O. The number of nitrogens with zero attached hydrogens (tertiary/aromatic N) is 2. The smallest absolute Gasteiger partial charge is 0.303 e. The third-order valence-electron chi connectivity index (χ3n) is 4.97. The standard InChI is InChI=1S/C21H24N2O5S/c1-3-23(17-6-4-5-15(2)13-17)29(27,28)18-7-8-19-16(14-18)11-12-22(19)20(24)9-10-21(25)26/h4-8,13-14H,3,9-12H2,1-2H3,(H,25,26). The van der Waals surface area contributed by atoms with Crippen molar-refractivity contribution in [2.75, 3.05) is 22.3 Å². The lowest BCUT2D eigenvalue weighted by atomic mass is 10.2. The van der Waals surface area contributed by atoms with Gasteiger partial charge in [-0.05, 0) is 61.7 Å². The van der Waals surface area contributed by atoms with Crippen molar-refractivity contribution in [3.8, 4) is 0 Å². The second kappa shape index (κ2) is 8.24. The van der Waals surface area contributed by atoms with Crippen molar-refractivity contribution in [1.29, 1.82) is 0 Å². The Balaban J connectivity index is 1.89. The first-order chi connectivity index (χ1) is 13.7. The molecular weight excluding hydrogens is 392 g/mol. The van der Waals surface area contributed by atoms with Crippen LogP contribution >= 0.6 is 0 Å². The van der Waals surface area contributed by atoms with Crippen LogP contribution < -0.4 is 9.21 Å². The molecule has 1 aliphatic rings. The van der Waals surface area contributed by atoms with E-state index in [0.29, 0.717) is 30.9 Å². The summed E-state index contributed by atoms with van der Waals surface area (Å²) in [5, 5.41) is 8.77. The van der Waals surface area contributed by atoms with Gasteiger partial charge < -0.3 is 10.0 Å². The summed E-state index contributed by atoms with van der Waals surface area (Å²) in [6.07, 6.45) is 0.235. The van der Waals surface area contributed by atoms with Gasteiger partial charge in [-0.25, -0.2) is 8.42 Å². The van der Waals surface area contributed by atoms with Gasteiger partial charge in [0, 0.05) is 25.2 Å². The number of carboxylic acids is 1. The fourth-order valence-corrected chi connectivity index (χ4v) is 5.06. The zero-order chi connectivity index (χ0) is 21.2. The van der Waals surface area contributed by atoms with E-state index in [1.807, 2.05) is 25.1 Å². The normalized spacial score (nSPS) is 13.2. The van der Waals surface area contributed by atoms with Crippen molar-refractivity contribution in [3.63, 3.8) is 0 Å². The average molecular weight is 416 g/mol. The van der Waals surface area contributed by atoms with E-state index in [0.717, 1.165) is 11.1 Å². The predicted octanol–water partition coefficient (Wildman–Crippen LogP) is 2.96. The summed E-state index contributed by atoms with van der Waals surface area (Å²) in [5.41, 5.74) is 3.01. The molecule has 0 aromatic heterocycles. The number of benzene rings is 2. The van der Waals surface area contributed by atoms with Crippen LogP contribution in [-0.2, 0) is 26.0 Å². The minimum Gasteiger partial charge on any atom is -0.481 e. The summed E-state index contributed by atoms with van der Waals surface area (Å²) in [6.45, 7) is 4.42. The van der Waals surface area contributed by atoms with Gasteiger partial charge in [0.1, 0.15) is 0 Å². The molecule has 154 valence electrons. The van der Waals surface area contributed by atoms with Crippen molar-refractivity contribution in [2.24, 2.45) is 0 Å². The summed E-state index contributed by atoms with van der Waals surface area (Å²) >= 11 is 0. The molecule has 29 heavy (non-hydrogen) atoms. The van der Waals surface area contributed by atoms with Gasteiger partial charge in [-0.1, -0.05) is 12.1 Å². The van der Waals surface area contributed by atoms with E-state index in [-0.39, 0.29) is 23.6 Å². The van der Waals surface area contributed by atoms with Gasteiger partial charge in [-0.15, -0.1) is 0 Å². The highest BCUT2D eigenvalue weighted by Gasteiger charge is 2.29. The van der Waals surface area contributed by atoms with Gasteiger partial charge in [0.15, 0.2) is 0 Å². The maximum Gasteiger partial charge on any atom is 0.303 e. The number of aryl methyl sites for hydroxylation is 1. The van der Waals surface area contributed by atoms with Gasteiger partial charge in [0.05, 0.1) is 17.0 Å². The van der Waals surface area contributed by atoms with E-state index in [9.17, 15) is 18.0 Å². The summed E-state index contributed by atoms with van der Waals surface area (Å²) in [7, 11) is -3.75. The molecule has 1 amide bonds. The molecular formula is C21H24N2O5S. The first kappa shape index (κ1) is 20.9. The number of sulfonamides is 1. The molecule has 0 atom stereocenters. The quantitative estimate of drug-likeness (QED) is 0.749. The van der Waals surface area contributed by atoms with Gasteiger partial charge in [-0.3, -0.25) is 13.9 Å². The fourth-order valence-electron chi connectivity index (χ4n) is 3.55. The molecule has 2 aromatic carbocycles. The summed E-state index contributed by atoms with van der Waals surface area (Å²) < 4.78 is 27.9. The number of carbonyl (C=O) groups excluding carboxylic acids is 1. The van der Waals surface area contributed by atoms with Crippen LogP contribution in [0.3, 0.4) is 0 Å². The number of hydrogen-bond acceptors (Lipinski definition) is 4. The molecule has 0 bridgehead atoms. The second-order valence-corrected chi connectivity index (χ2v) is 8.85. The monoisotopic (exact) mass is 416 g/mol. The molecule has 2 aromatic rings. The molecule has 0 aliphatic carbocycles. The van der Waals surface area contributed by atoms with Crippen LogP contribution in [0.15, 0.2) is 47.4 Å². The Morgan fingerprint density at radius 3 is 2.55 bits per heavy atom. The first-order valence-corrected chi connectivity index (χ1v) is 10.9. The summed E-state index contributed by atoms with van der Waals surface area (Å²) in [4.78, 5) is 24.7. The largest absolute Gasteiger partial charge is 0.481 e. The van der Waals surface area contributed by atoms with E-state index in [4.69, 9.17) is 5.11 Å². The summed E-state index contributed by atoms with van der Waals surface area (Å²) in [5.74, 6) is -1.29. The number of amides is 1. The predicted molar refractivity (Wildman–Crippen MR) is 111 cm³/mol. The Hall–Kier alpha value is -2.87. The maximum absolute atomic E-state index is 13.2. The summed E-state index contributed by atoms with van der Waals surface area (Å²) in [6, 6.07) is 12.1. The third kappa shape index (κ3) is 4.27. The van der Waals surface area contributed by atoms with Crippen molar-refractivity contribution < 1.29 is 23.1 Å². The zero-order valence-corrected chi connectivity index (χ0v) is 17.3. The fraction of sp³-hybridized carbons (Fsp3) is 0.333. The van der Waals surface area contributed by atoms with Crippen LogP contribution in [0.1, 0.15) is 30.9 Å².